The summed E-state index contributed by atoms with van der Waals surface area (Å²) in [6.07, 6.45) is 3.89. The Kier molecular flexibility index (Phi) is 6.45. The summed E-state index contributed by atoms with van der Waals surface area (Å²) < 4.78 is 8.00. The van der Waals surface area contributed by atoms with Crippen LogP contribution in [0.2, 0.25) is 0 Å². The van der Waals surface area contributed by atoms with Gasteiger partial charge >= 0.3 is 0 Å². The Labute approximate surface area is 256 Å². The molecule has 5 aromatic carbocycles. The van der Waals surface area contributed by atoms with Gasteiger partial charge in [-0.1, -0.05) is 77.9 Å². The molecule has 0 aliphatic rings. The van der Waals surface area contributed by atoms with E-state index in [1.807, 2.05) is 108 Å². The number of rotatable bonds is 4. The monoisotopic (exact) mass is 723 g/mol. The van der Waals surface area contributed by atoms with Crippen molar-refractivity contribution in [3.05, 3.63) is 134 Å². The van der Waals surface area contributed by atoms with Gasteiger partial charge in [0, 0.05) is 67.4 Å². The molecule has 6 heteroatoms. The summed E-state index contributed by atoms with van der Waals surface area (Å²) in [5, 5.41) is 15.3. The van der Waals surface area contributed by atoms with Gasteiger partial charge in [-0.25, -0.2) is 0 Å². The van der Waals surface area contributed by atoms with E-state index >= 15 is 0 Å². The fraction of sp³-hybridized carbons (Fsp3) is 0. The summed E-state index contributed by atoms with van der Waals surface area (Å²) in [7, 11) is 0. The first-order valence-corrected chi connectivity index (χ1v) is 13.4. The van der Waals surface area contributed by atoms with E-state index in [0.717, 1.165) is 55.3 Å². The molecule has 0 spiro atoms. The Bertz CT molecular complexity index is 2230. The van der Waals surface area contributed by atoms with Crippen LogP contribution >= 0.6 is 0 Å². The fourth-order valence-electron chi connectivity index (χ4n) is 5.42. The summed E-state index contributed by atoms with van der Waals surface area (Å²) in [5.74, 6) is 0.725. The smallest absolute Gasteiger partial charge is 0.140 e. The fourth-order valence-corrected chi connectivity index (χ4v) is 5.42. The van der Waals surface area contributed by atoms with Crippen LogP contribution in [0.25, 0.3) is 72.3 Å². The van der Waals surface area contributed by atoms with Gasteiger partial charge in [-0.3, -0.25) is 9.97 Å². The number of nitrogens with zero attached hydrogens (tertiary/aromatic N) is 3. The molecule has 5 nitrogen and oxygen atoms in total. The predicted molar refractivity (Wildman–Crippen MR) is 163 cm³/mol. The van der Waals surface area contributed by atoms with Crippen LogP contribution in [0.3, 0.4) is 0 Å². The molecule has 0 saturated heterocycles. The van der Waals surface area contributed by atoms with Crippen molar-refractivity contribution in [2.75, 3.05) is 0 Å². The van der Waals surface area contributed by atoms with Gasteiger partial charge in [0.1, 0.15) is 22.7 Å². The van der Waals surface area contributed by atoms with Crippen molar-refractivity contribution in [1.29, 1.82) is 0 Å². The molecule has 3 aromatic heterocycles. The molecule has 0 aliphatic heterocycles. The molecular formula is C36H22N3O2Pt-. The number of fused-ring (bicyclic) bond motifs is 4. The number of hydrogen-bond donors (Lipinski definition) is 1. The Balaban J connectivity index is 0.00000288. The minimum Gasteiger partial charge on any atom is -0.507 e. The number of imidazole rings is 1. The number of para-hydroxylation sites is 2. The van der Waals surface area contributed by atoms with Crippen LogP contribution in [0.5, 0.6) is 5.75 Å². The van der Waals surface area contributed by atoms with Gasteiger partial charge in [0.05, 0.1) is 5.56 Å². The quantitative estimate of drug-likeness (QED) is 0.185. The van der Waals surface area contributed by atoms with Gasteiger partial charge in [-0.2, -0.15) is 0 Å². The summed E-state index contributed by atoms with van der Waals surface area (Å²) in [6, 6.07) is 41.4. The summed E-state index contributed by atoms with van der Waals surface area (Å²) in [6.45, 7) is 0. The predicted octanol–water partition coefficient (Wildman–Crippen LogP) is 8.82. The molecule has 1 N–H and O–H groups in total. The normalized spacial score (nSPS) is 11.2. The van der Waals surface area contributed by atoms with Gasteiger partial charge in [-0.15, -0.1) is 24.3 Å². The van der Waals surface area contributed by atoms with Crippen molar-refractivity contribution in [1.82, 2.24) is 14.5 Å². The van der Waals surface area contributed by atoms with Crippen LogP contribution in [0.15, 0.2) is 132 Å². The number of phenolic OH excluding ortho intramolecular Hbond substituents is 1. The van der Waals surface area contributed by atoms with Gasteiger partial charge in [0.2, 0.25) is 0 Å². The molecule has 0 atom stereocenters. The zero-order valence-electron chi connectivity index (χ0n) is 22.1. The Morgan fingerprint density at radius 3 is 2.26 bits per heavy atom. The molecule has 3 heterocycles. The van der Waals surface area contributed by atoms with Crippen molar-refractivity contribution < 1.29 is 30.6 Å². The maximum atomic E-state index is 11.2. The topological polar surface area (TPSA) is 64.1 Å². The first-order valence-electron chi connectivity index (χ1n) is 13.4. The first kappa shape index (κ1) is 25.9. The zero-order chi connectivity index (χ0) is 27.3. The number of furan rings is 1. The summed E-state index contributed by atoms with van der Waals surface area (Å²) in [4.78, 5) is 9.76. The van der Waals surface area contributed by atoms with E-state index < -0.39 is 0 Å². The molecule has 8 aromatic rings. The van der Waals surface area contributed by atoms with Crippen LogP contribution in [0.4, 0.5) is 0 Å². The second-order valence-electron chi connectivity index (χ2n) is 10.0. The Hall–Kier alpha value is -4.99. The molecule has 0 amide bonds. The van der Waals surface area contributed by atoms with E-state index in [1.54, 1.807) is 6.07 Å². The van der Waals surface area contributed by atoms with Crippen LogP contribution < -0.4 is 0 Å². The number of aromatic nitrogens is 3. The van der Waals surface area contributed by atoms with Crippen LogP contribution in [0.1, 0.15) is 0 Å². The molecule has 8 rings (SSSR count). The largest absolute Gasteiger partial charge is 0.507 e. The van der Waals surface area contributed by atoms with Crippen molar-refractivity contribution in [2.45, 2.75) is 0 Å². The van der Waals surface area contributed by atoms with Crippen LogP contribution in [-0.2, 0) is 21.1 Å². The molecular weight excluding hydrogens is 701 g/mol. The molecule has 42 heavy (non-hydrogen) atoms. The molecule has 0 unspecified atom stereocenters. The molecule has 0 saturated carbocycles. The number of phenols is 1. The van der Waals surface area contributed by atoms with E-state index in [1.165, 1.54) is 0 Å². The third-order valence-corrected chi connectivity index (χ3v) is 7.45. The number of pyridine rings is 1. The van der Waals surface area contributed by atoms with Crippen molar-refractivity contribution in [3.63, 3.8) is 0 Å². The van der Waals surface area contributed by atoms with Crippen molar-refractivity contribution >= 4 is 32.7 Å². The van der Waals surface area contributed by atoms with E-state index in [4.69, 9.17) is 14.4 Å². The Morgan fingerprint density at radius 1 is 0.667 bits per heavy atom. The molecule has 0 fully saturated rings. The minimum atomic E-state index is 0. The minimum absolute atomic E-state index is 0. The van der Waals surface area contributed by atoms with Gasteiger partial charge in [-0.05, 0) is 35.0 Å². The molecule has 204 valence electrons. The van der Waals surface area contributed by atoms with Crippen LogP contribution in [0, 0.1) is 6.07 Å². The molecule has 0 bridgehead atoms. The van der Waals surface area contributed by atoms with Crippen molar-refractivity contribution in [3.8, 4) is 45.3 Å². The standard InChI is InChI=1S/C36H22N3O2.Pt/c40-33-20-35-29(28-15-6-7-16-34(28)41-35)19-30(33)36-38-32(22-39(36)27-13-2-1-3-14-27)25-12-8-11-24(17-25)31-18-23-9-4-5-10-26(23)21-37-31;/h1-16,18-22,40H;/q-1;. The van der Waals surface area contributed by atoms with E-state index in [0.29, 0.717) is 17.0 Å². The van der Waals surface area contributed by atoms with E-state index in [-0.39, 0.29) is 26.8 Å². The maximum Gasteiger partial charge on any atom is 0.140 e. The average molecular weight is 724 g/mol. The number of hydrogen-bond acceptors (Lipinski definition) is 4. The molecule has 0 radical (unpaired) electrons. The second kappa shape index (κ2) is 10.4. The van der Waals surface area contributed by atoms with Gasteiger partial charge in [0.15, 0.2) is 0 Å². The van der Waals surface area contributed by atoms with Crippen LogP contribution in [-0.4, -0.2) is 19.6 Å². The zero-order valence-corrected chi connectivity index (χ0v) is 24.4. The van der Waals surface area contributed by atoms with E-state index in [2.05, 4.69) is 24.3 Å². The summed E-state index contributed by atoms with van der Waals surface area (Å²) >= 11 is 0. The van der Waals surface area contributed by atoms with Crippen molar-refractivity contribution in [2.24, 2.45) is 0 Å². The SMILES string of the molecule is Oc1cc2oc3ccccc3c2cc1-c1nc(-c2[c-]c(-c3cc4ccccc4cn3)ccc2)cn1-c1ccccc1.[Pt]. The maximum absolute atomic E-state index is 11.2. The first-order chi connectivity index (χ1) is 20.2. The van der Waals surface area contributed by atoms with Gasteiger partial charge in [0.25, 0.3) is 0 Å². The number of benzene rings is 5. The molecule has 0 aliphatic carbocycles. The third kappa shape index (κ3) is 4.39. The van der Waals surface area contributed by atoms with E-state index in [9.17, 15) is 5.11 Å². The second-order valence-corrected chi connectivity index (χ2v) is 10.0. The summed E-state index contributed by atoms with van der Waals surface area (Å²) in [5.41, 5.74) is 6.28. The van der Waals surface area contributed by atoms with Gasteiger partial charge < -0.3 is 14.1 Å². The average Bonchev–Trinajstić information content (AvgIpc) is 3.62. The Morgan fingerprint density at radius 2 is 1.40 bits per heavy atom. The third-order valence-electron chi connectivity index (χ3n) is 7.45. The number of aromatic hydroxyl groups is 1.